The number of isocyanates is 1. The molecule has 0 saturated carbocycles. The Kier molecular flexibility index (Phi) is 2.37. The third kappa shape index (κ3) is 1.42. The molecule has 1 aromatic carbocycles. The molecular weight excluding hydrogens is 198 g/mol. The average molecular weight is 213 g/mol. The molecular formula is C14H15NO. The minimum absolute atomic E-state index is 0.972. The van der Waals surface area contributed by atoms with Gasteiger partial charge in [0.1, 0.15) is 0 Å². The highest BCUT2D eigenvalue weighted by Gasteiger charge is 2.22. The Morgan fingerprint density at radius 1 is 0.938 bits per heavy atom. The van der Waals surface area contributed by atoms with E-state index in [1.807, 2.05) is 0 Å². The van der Waals surface area contributed by atoms with Gasteiger partial charge in [-0.1, -0.05) is 6.07 Å². The normalized spacial score (nSPS) is 17.5. The van der Waals surface area contributed by atoms with Crippen LogP contribution in [0.2, 0.25) is 0 Å². The molecule has 1 aromatic rings. The number of aryl methyl sites for hydroxylation is 2. The lowest BCUT2D eigenvalue weighted by Crippen LogP contribution is -2.05. The number of nitrogens with zero attached hydrogens (tertiary/aromatic N) is 1. The Balaban J connectivity index is 2.25. The van der Waals surface area contributed by atoms with Gasteiger partial charge in [-0.05, 0) is 67.2 Å². The number of carbonyl (C=O) groups excluding carboxylic acids is 1. The first-order valence-corrected chi connectivity index (χ1v) is 6.14. The lowest BCUT2D eigenvalue weighted by molar-refractivity contribution is 0.565. The maximum atomic E-state index is 10.6. The van der Waals surface area contributed by atoms with Gasteiger partial charge in [0.25, 0.3) is 0 Å². The molecule has 0 amide bonds. The lowest BCUT2D eigenvalue weighted by atomic mass is 9.87. The summed E-state index contributed by atoms with van der Waals surface area (Å²) in [5.74, 6) is 0. The van der Waals surface area contributed by atoms with Gasteiger partial charge in [0.05, 0.1) is 5.69 Å². The van der Waals surface area contributed by atoms with Gasteiger partial charge in [-0.2, -0.15) is 4.99 Å². The minimum Gasteiger partial charge on any atom is -0.211 e. The highest BCUT2D eigenvalue weighted by molar-refractivity contribution is 5.65. The third-order valence-corrected chi connectivity index (χ3v) is 3.85. The molecule has 0 aliphatic heterocycles. The van der Waals surface area contributed by atoms with E-state index in [0.29, 0.717) is 0 Å². The second-order valence-corrected chi connectivity index (χ2v) is 4.76. The molecule has 2 nitrogen and oxygen atoms in total. The molecule has 0 bridgehead atoms. The number of benzene rings is 1. The summed E-state index contributed by atoms with van der Waals surface area (Å²) in [6, 6.07) is 2.36. The zero-order valence-electron chi connectivity index (χ0n) is 9.38. The minimum atomic E-state index is 0.972. The Labute approximate surface area is 95.4 Å². The van der Waals surface area contributed by atoms with Gasteiger partial charge < -0.3 is 0 Å². The van der Waals surface area contributed by atoms with Crippen molar-refractivity contribution in [1.29, 1.82) is 0 Å². The van der Waals surface area contributed by atoms with Crippen LogP contribution in [0, 0.1) is 0 Å². The standard InChI is InChI=1S/C14H15NO/c16-9-15-14-12-6-2-1-4-10(12)8-11-5-3-7-13(11)14/h8H,1-7H2. The fourth-order valence-corrected chi connectivity index (χ4v) is 3.13. The molecule has 0 heterocycles. The first kappa shape index (κ1) is 9.80. The highest BCUT2D eigenvalue weighted by Crippen LogP contribution is 2.39. The van der Waals surface area contributed by atoms with Gasteiger partial charge in [-0.15, -0.1) is 0 Å². The van der Waals surface area contributed by atoms with E-state index >= 15 is 0 Å². The molecule has 0 N–H and O–H groups in total. The molecule has 0 atom stereocenters. The lowest BCUT2D eigenvalue weighted by Gasteiger charge is -2.19. The van der Waals surface area contributed by atoms with Gasteiger partial charge in [-0.3, -0.25) is 0 Å². The fourth-order valence-electron chi connectivity index (χ4n) is 3.13. The molecule has 0 spiro atoms. The summed E-state index contributed by atoms with van der Waals surface area (Å²) in [6.07, 6.45) is 9.94. The van der Waals surface area contributed by atoms with E-state index in [4.69, 9.17) is 0 Å². The Hall–Kier alpha value is -1.40. The van der Waals surface area contributed by atoms with Gasteiger partial charge in [0, 0.05) is 0 Å². The van der Waals surface area contributed by atoms with Crippen LogP contribution in [0.3, 0.4) is 0 Å². The summed E-state index contributed by atoms with van der Waals surface area (Å²) in [6.45, 7) is 0. The van der Waals surface area contributed by atoms with E-state index in [9.17, 15) is 4.79 Å². The average Bonchev–Trinajstić information content (AvgIpc) is 2.77. The van der Waals surface area contributed by atoms with Gasteiger partial charge in [0.2, 0.25) is 6.08 Å². The highest BCUT2D eigenvalue weighted by atomic mass is 16.1. The number of hydrogen-bond acceptors (Lipinski definition) is 2. The van der Waals surface area contributed by atoms with E-state index in [0.717, 1.165) is 31.4 Å². The van der Waals surface area contributed by atoms with E-state index in [2.05, 4.69) is 11.1 Å². The number of aliphatic imine (C=N–C) groups is 1. The first-order valence-electron chi connectivity index (χ1n) is 6.14. The molecule has 2 aliphatic carbocycles. The Morgan fingerprint density at radius 2 is 1.56 bits per heavy atom. The van der Waals surface area contributed by atoms with Crippen molar-refractivity contribution < 1.29 is 4.79 Å². The van der Waals surface area contributed by atoms with Crippen molar-refractivity contribution in [1.82, 2.24) is 0 Å². The Morgan fingerprint density at radius 3 is 2.31 bits per heavy atom. The van der Waals surface area contributed by atoms with Crippen LogP contribution in [-0.4, -0.2) is 6.08 Å². The van der Waals surface area contributed by atoms with Gasteiger partial charge >= 0.3 is 0 Å². The quantitative estimate of drug-likeness (QED) is 0.521. The van der Waals surface area contributed by atoms with Crippen LogP contribution < -0.4 is 0 Å². The largest absolute Gasteiger partial charge is 0.240 e. The number of hydrogen-bond donors (Lipinski definition) is 0. The van der Waals surface area contributed by atoms with Crippen molar-refractivity contribution >= 4 is 11.8 Å². The van der Waals surface area contributed by atoms with Crippen molar-refractivity contribution in [2.45, 2.75) is 44.9 Å². The summed E-state index contributed by atoms with van der Waals surface area (Å²) < 4.78 is 0. The van der Waals surface area contributed by atoms with Crippen LogP contribution in [0.25, 0.3) is 0 Å². The maximum absolute atomic E-state index is 10.6. The summed E-state index contributed by atoms with van der Waals surface area (Å²) in [5, 5.41) is 0. The SMILES string of the molecule is O=C=Nc1c2c(cc3c1CCC3)CCCC2. The molecule has 3 rings (SSSR count). The van der Waals surface area contributed by atoms with E-state index in [1.165, 1.54) is 41.5 Å². The zero-order valence-corrected chi connectivity index (χ0v) is 9.38. The van der Waals surface area contributed by atoms with Gasteiger partial charge in [0.15, 0.2) is 0 Å². The predicted octanol–water partition coefficient (Wildman–Crippen LogP) is 3.02. The fraction of sp³-hybridized carbons (Fsp3) is 0.500. The topological polar surface area (TPSA) is 29.4 Å². The monoisotopic (exact) mass is 213 g/mol. The molecule has 0 saturated heterocycles. The second-order valence-electron chi connectivity index (χ2n) is 4.76. The van der Waals surface area contributed by atoms with E-state index in [1.54, 1.807) is 6.08 Å². The maximum Gasteiger partial charge on any atom is 0.240 e. The summed E-state index contributed by atoms with van der Waals surface area (Å²) >= 11 is 0. The molecule has 82 valence electrons. The summed E-state index contributed by atoms with van der Waals surface area (Å²) in [4.78, 5) is 14.6. The van der Waals surface area contributed by atoms with Crippen LogP contribution in [-0.2, 0) is 30.5 Å². The van der Waals surface area contributed by atoms with Gasteiger partial charge in [-0.25, -0.2) is 4.79 Å². The smallest absolute Gasteiger partial charge is 0.211 e. The zero-order chi connectivity index (χ0) is 11.0. The molecule has 2 aliphatic rings. The Bertz CT molecular complexity index is 484. The van der Waals surface area contributed by atoms with Crippen molar-refractivity contribution in [2.75, 3.05) is 0 Å². The summed E-state index contributed by atoms with van der Waals surface area (Å²) in [7, 11) is 0. The van der Waals surface area contributed by atoms with Crippen LogP contribution in [0.4, 0.5) is 5.69 Å². The predicted molar refractivity (Wildman–Crippen MR) is 62.9 cm³/mol. The van der Waals surface area contributed by atoms with Crippen LogP contribution in [0.15, 0.2) is 11.1 Å². The second kappa shape index (κ2) is 3.88. The molecule has 0 radical (unpaired) electrons. The van der Waals surface area contributed by atoms with E-state index < -0.39 is 0 Å². The number of fused-ring (bicyclic) bond motifs is 2. The van der Waals surface area contributed by atoms with Crippen molar-refractivity contribution in [2.24, 2.45) is 4.99 Å². The van der Waals surface area contributed by atoms with Crippen molar-refractivity contribution in [3.63, 3.8) is 0 Å². The van der Waals surface area contributed by atoms with Crippen molar-refractivity contribution in [3.05, 3.63) is 28.3 Å². The molecule has 2 heteroatoms. The number of rotatable bonds is 1. The molecule has 16 heavy (non-hydrogen) atoms. The molecule has 0 fully saturated rings. The van der Waals surface area contributed by atoms with Crippen LogP contribution in [0.1, 0.15) is 41.5 Å². The molecule has 0 unspecified atom stereocenters. The third-order valence-electron chi connectivity index (χ3n) is 3.85. The first-order chi connectivity index (χ1) is 7.90. The molecule has 0 aromatic heterocycles. The van der Waals surface area contributed by atoms with Crippen LogP contribution >= 0.6 is 0 Å². The summed E-state index contributed by atoms with van der Waals surface area (Å²) in [5.41, 5.74) is 6.48. The van der Waals surface area contributed by atoms with Crippen LogP contribution in [0.5, 0.6) is 0 Å². The van der Waals surface area contributed by atoms with Crippen molar-refractivity contribution in [3.8, 4) is 0 Å². The van der Waals surface area contributed by atoms with E-state index in [-0.39, 0.29) is 0 Å².